The topological polar surface area (TPSA) is 67.2 Å². The van der Waals surface area contributed by atoms with E-state index in [0.717, 1.165) is 36.5 Å². The normalized spacial score (nSPS) is 14.9. The van der Waals surface area contributed by atoms with Gasteiger partial charge in [0.2, 0.25) is 5.91 Å². The monoisotopic (exact) mass is 349 g/mol. The van der Waals surface area contributed by atoms with Gasteiger partial charge >= 0.3 is 0 Å². The number of halogens is 1. The van der Waals surface area contributed by atoms with Gasteiger partial charge in [0.15, 0.2) is 11.7 Å². The molecular formula is C18H24ClN3O2. The summed E-state index contributed by atoms with van der Waals surface area (Å²) in [6.45, 7) is 3.98. The first kappa shape index (κ1) is 18.5. The van der Waals surface area contributed by atoms with Gasteiger partial charge in [0.25, 0.3) is 0 Å². The van der Waals surface area contributed by atoms with Gasteiger partial charge < -0.3 is 15.1 Å². The van der Waals surface area contributed by atoms with Crippen molar-refractivity contribution in [3.8, 4) is 11.3 Å². The number of nitrogens with zero attached hydrogens (tertiary/aromatic N) is 1. The molecule has 0 atom stereocenters. The lowest BCUT2D eigenvalue weighted by Gasteiger charge is -2.22. The summed E-state index contributed by atoms with van der Waals surface area (Å²) in [5.74, 6) is 2.16. The highest BCUT2D eigenvalue weighted by Crippen LogP contribution is 2.22. The van der Waals surface area contributed by atoms with E-state index in [1.165, 1.54) is 12.8 Å². The number of carbonyl (C=O) groups excluding carboxylic acids is 1. The number of aryl methyl sites for hydroxylation is 1. The zero-order valence-corrected chi connectivity index (χ0v) is 14.7. The number of aromatic nitrogens is 1. The zero-order chi connectivity index (χ0) is 16.1. The summed E-state index contributed by atoms with van der Waals surface area (Å²) in [5.41, 5.74) is 1.78. The number of hydrogen-bond acceptors (Lipinski definition) is 4. The Morgan fingerprint density at radius 2 is 2.00 bits per heavy atom. The molecule has 2 aromatic rings. The Labute approximate surface area is 148 Å². The first-order valence-corrected chi connectivity index (χ1v) is 8.24. The predicted molar refractivity (Wildman–Crippen MR) is 97.4 cm³/mol. The fourth-order valence-electron chi connectivity index (χ4n) is 2.94. The Morgan fingerprint density at radius 1 is 1.29 bits per heavy atom. The second-order valence-corrected chi connectivity index (χ2v) is 6.10. The smallest absolute Gasteiger partial charge is 0.224 e. The summed E-state index contributed by atoms with van der Waals surface area (Å²) >= 11 is 0. The maximum absolute atomic E-state index is 12.1. The molecular weight excluding hydrogens is 326 g/mol. The van der Waals surface area contributed by atoms with E-state index in [0.29, 0.717) is 18.2 Å². The van der Waals surface area contributed by atoms with Crippen LogP contribution in [-0.4, -0.2) is 24.0 Å². The number of hydrogen-bond donors (Lipinski definition) is 2. The van der Waals surface area contributed by atoms with Crippen LogP contribution in [0.3, 0.4) is 0 Å². The predicted octanol–water partition coefficient (Wildman–Crippen LogP) is 3.79. The van der Waals surface area contributed by atoms with Crippen LogP contribution in [-0.2, 0) is 4.79 Å². The third kappa shape index (κ3) is 5.08. The maximum Gasteiger partial charge on any atom is 0.224 e. The van der Waals surface area contributed by atoms with E-state index in [1.54, 1.807) is 6.20 Å². The molecule has 0 bridgehead atoms. The standard InChI is InChI=1S/C18H23N3O2.ClH/c1-13-20-12-17(23-13)15-3-5-16(6-4-15)21-18(22)7-2-14-8-10-19-11-9-14;/h3-6,12,14,19H,2,7-11H2,1H3,(H,21,22);1H. The van der Waals surface area contributed by atoms with Crippen molar-refractivity contribution in [3.63, 3.8) is 0 Å². The Kier molecular flexibility index (Phi) is 6.82. The molecule has 1 fully saturated rings. The number of oxazole rings is 1. The molecule has 3 rings (SSSR count). The third-order valence-electron chi connectivity index (χ3n) is 4.31. The molecule has 2 N–H and O–H groups in total. The van der Waals surface area contributed by atoms with Crippen molar-refractivity contribution in [2.75, 3.05) is 18.4 Å². The summed E-state index contributed by atoms with van der Waals surface area (Å²) in [5, 5.41) is 6.31. The first-order valence-electron chi connectivity index (χ1n) is 8.24. The van der Waals surface area contributed by atoms with E-state index < -0.39 is 0 Å². The molecule has 6 heteroatoms. The minimum Gasteiger partial charge on any atom is -0.441 e. The number of amides is 1. The number of piperidine rings is 1. The summed E-state index contributed by atoms with van der Waals surface area (Å²) in [6.07, 6.45) is 5.63. The van der Waals surface area contributed by atoms with Crippen molar-refractivity contribution < 1.29 is 9.21 Å². The van der Waals surface area contributed by atoms with Gasteiger partial charge in [-0.2, -0.15) is 0 Å². The molecule has 1 aliphatic heterocycles. The molecule has 1 aromatic carbocycles. The Balaban J connectivity index is 0.00000208. The minimum atomic E-state index is 0. The van der Waals surface area contributed by atoms with Crippen LogP contribution in [0.5, 0.6) is 0 Å². The molecule has 1 saturated heterocycles. The largest absolute Gasteiger partial charge is 0.441 e. The molecule has 130 valence electrons. The maximum atomic E-state index is 12.1. The van der Waals surface area contributed by atoms with Gasteiger partial charge in [-0.1, -0.05) is 0 Å². The van der Waals surface area contributed by atoms with E-state index in [4.69, 9.17) is 4.42 Å². The minimum absolute atomic E-state index is 0. The highest BCUT2D eigenvalue weighted by atomic mass is 35.5. The summed E-state index contributed by atoms with van der Waals surface area (Å²) in [6, 6.07) is 7.66. The fraction of sp³-hybridized carbons (Fsp3) is 0.444. The lowest BCUT2D eigenvalue weighted by atomic mass is 9.93. The van der Waals surface area contributed by atoms with Crippen LogP contribution in [0.2, 0.25) is 0 Å². The van der Waals surface area contributed by atoms with Crippen molar-refractivity contribution >= 4 is 24.0 Å². The molecule has 1 aromatic heterocycles. The van der Waals surface area contributed by atoms with Gasteiger partial charge in [0, 0.05) is 24.6 Å². The van der Waals surface area contributed by atoms with Gasteiger partial charge in [-0.25, -0.2) is 4.98 Å². The van der Waals surface area contributed by atoms with E-state index >= 15 is 0 Å². The highest BCUT2D eigenvalue weighted by molar-refractivity contribution is 5.90. The molecule has 0 aliphatic carbocycles. The van der Waals surface area contributed by atoms with E-state index in [1.807, 2.05) is 31.2 Å². The van der Waals surface area contributed by atoms with Gasteiger partial charge in [-0.3, -0.25) is 4.79 Å². The first-order chi connectivity index (χ1) is 11.2. The van der Waals surface area contributed by atoms with E-state index in [9.17, 15) is 4.79 Å². The highest BCUT2D eigenvalue weighted by Gasteiger charge is 2.14. The second-order valence-electron chi connectivity index (χ2n) is 6.10. The van der Waals surface area contributed by atoms with E-state index in [2.05, 4.69) is 15.6 Å². The van der Waals surface area contributed by atoms with Crippen LogP contribution < -0.4 is 10.6 Å². The number of benzene rings is 1. The molecule has 5 nitrogen and oxygen atoms in total. The molecule has 0 spiro atoms. The van der Waals surface area contributed by atoms with Crippen LogP contribution in [0, 0.1) is 12.8 Å². The SMILES string of the molecule is Cc1ncc(-c2ccc(NC(=O)CCC3CCNCC3)cc2)o1.Cl. The summed E-state index contributed by atoms with van der Waals surface area (Å²) in [4.78, 5) is 16.1. The number of carbonyl (C=O) groups is 1. The summed E-state index contributed by atoms with van der Waals surface area (Å²) in [7, 11) is 0. The Hall–Kier alpha value is -1.85. The lowest BCUT2D eigenvalue weighted by molar-refractivity contribution is -0.116. The van der Waals surface area contributed by atoms with Crippen molar-refractivity contribution in [3.05, 3.63) is 36.4 Å². The summed E-state index contributed by atoms with van der Waals surface area (Å²) < 4.78 is 5.49. The van der Waals surface area contributed by atoms with Crippen molar-refractivity contribution in [2.24, 2.45) is 5.92 Å². The van der Waals surface area contributed by atoms with Crippen LogP contribution in [0.15, 0.2) is 34.9 Å². The number of rotatable bonds is 5. The fourth-order valence-corrected chi connectivity index (χ4v) is 2.94. The van der Waals surface area contributed by atoms with Gasteiger partial charge in [-0.05, 0) is 62.5 Å². The zero-order valence-electron chi connectivity index (χ0n) is 13.9. The molecule has 1 aliphatic rings. The molecule has 24 heavy (non-hydrogen) atoms. The average molecular weight is 350 g/mol. The molecule has 2 heterocycles. The molecule has 0 radical (unpaired) electrons. The van der Waals surface area contributed by atoms with E-state index in [-0.39, 0.29) is 18.3 Å². The van der Waals surface area contributed by atoms with Crippen molar-refractivity contribution in [2.45, 2.75) is 32.6 Å². The molecule has 0 saturated carbocycles. The van der Waals surface area contributed by atoms with Crippen LogP contribution in [0.25, 0.3) is 11.3 Å². The van der Waals surface area contributed by atoms with Crippen LogP contribution in [0.1, 0.15) is 31.6 Å². The van der Waals surface area contributed by atoms with Gasteiger partial charge in [0.1, 0.15) is 0 Å². The number of nitrogens with one attached hydrogen (secondary N) is 2. The Morgan fingerprint density at radius 3 is 2.62 bits per heavy atom. The van der Waals surface area contributed by atoms with Crippen molar-refractivity contribution in [1.82, 2.24) is 10.3 Å². The quantitative estimate of drug-likeness (QED) is 0.861. The van der Waals surface area contributed by atoms with Crippen LogP contribution >= 0.6 is 12.4 Å². The third-order valence-corrected chi connectivity index (χ3v) is 4.31. The average Bonchev–Trinajstić information content (AvgIpc) is 3.01. The van der Waals surface area contributed by atoms with Crippen LogP contribution in [0.4, 0.5) is 5.69 Å². The van der Waals surface area contributed by atoms with Gasteiger partial charge in [0.05, 0.1) is 6.20 Å². The van der Waals surface area contributed by atoms with Gasteiger partial charge in [-0.15, -0.1) is 12.4 Å². The second kappa shape index (κ2) is 8.85. The lowest BCUT2D eigenvalue weighted by Crippen LogP contribution is -2.28. The Bertz CT molecular complexity index is 649. The molecule has 1 amide bonds. The number of anilines is 1. The molecule has 0 unspecified atom stereocenters. The van der Waals surface area contributed by atoms with Crippen molar-refractivity contribution in [1.29, 1.82) is 0 Å².